The van der Waals surface area contributed by atoms with Gasteiger partial charge in [0.1, 0.15) is 5.82 Å². The summed E-state index contributed by atoms with van der Waals surface area (Å²) >= 11 is 0. The summed E-state index contributed by atoms with van der Waals surface area (Å²) < 4.78 is 13.2. The van der Waals surface area contributed by atoms with Crippen LogP contribution in [0.1, 0.15) is 11.7 Å². The highest BCUT2D eigenvalue weighted by Gasteiger charge is 2.20. The number of carboxylic acids is 1. The molecule has 5 heteroatoms. The third-order valence-electron chi connectivity index (χ3n) is 2.23. The highest BCUT2D eigenvalue weighted by molar-refractivity contribution is 5.87. The van der Waals surface area contributed by atoms with E-state index in [1.807, 2.05) is 0 Å². The first kappa shape index (κ1) is 10.5. The SMILES string of the molecule is O=C(O)C(O)c1cc(F)cc2cccnc12. The van der Waals surface area contributed by atoms with Gasteiger partial charge in [-0.25, -0.2) is 9.18 Å². The van der Waals surface area contributed by atoms with E-state index in [-0.39, 0.29) is 5.56 Å². The molecule has 16 heavy (non-hydrogen) atoms. The molecule has 0 aliphatic rings. The number of rotatable bonds is 2. The molecule has 0 radical (unpaired) electrons. The zero-order chi connectivity index (χ0) is 11.7. The number of aliphatic hydroxyl groups is 1. The lowest BCUT2D eigenvalue weighted by Gasteiger charge is -2.08. The van der Waals surface area contributed by atoms with Crippen LogP contribution in [0.15, 0.2) is 30.5 Å². The Labute approximate surface area is 90.0 Å². The molecule has 2 rings (SSSR count). The Bertz CT molecular complexity index is 556. The van der Waals surface area contributed by atoms with Crippen LogP contribution in [0.2, 0.25) is 0 Å². The van der Waals surface area contributed by atoms with Crippen molar-refractivity contribution in [1.29, 1.82) is 0 Å². The number of aliphatic carboxylic acids is 1. The number of fused-ring (bicyclic) bond motifs is 1. The maximum atomic E-state index is 13.2. The smallest absolute Gasteiger partial charge is 0.337 e. The van der Waals surface area contributed by atoms with Crippen molar-refractivity contribution in [1.82, 2.24) is 4.98 Å². The maximum absolute atomic E-state index is 13.2. The Kier molecular flexibility index (Phi) is 2.54. The van der Waals surface area contributed by atoms with E-state index in [0.717, 1.165) is 6.07 Å². The van der Waals surface area contributed by atoms with Crippen molar-refractivity contribution in [3.05, 3.63) is 41.8 Å². The van der Waals surface area contributed by atoms with Crippen LogP contribution in [0.5, 0.6) is 0 Å². The van der Waals surface area contributed by atoms with Gasteiger partial charge in [0, 0.05) is 17.1 Å². The third kappa shape index (κ3) is 1.72. The molecule has 0 aliphatic carbocycles. The van der Waals surface area contributed by atoms with E-state index in [1.165, 1.54) is 12.3 Å². The zero-order valence-electron chi connectivity index (χ0n) is 8.09. The van der Waals surface area contributed by atoms with Crippen LogP contribution in [-0.4, -0.2) is 21.2 Å². The van der Waals surface area contributed by atoms with Gasteiger partial charge in [-0.2, -0.15) is 0 Å². The minimum Gasteiger partial charge on any atom is -0.479 e. The molecule has 0 spiro atoms. The predicted molar refractivity (Wildman–Crippen MR) is 54.3 cm³/mol. The van der Waals surface area contributed by atoms with E-state index in [4.69, 9.17) is 5.11 Å². The van der Waals surface area contributed by atoms with Crippen molar-refractivity contribution in [3.63, 3.8) is 0 Å². The zero-order valence-corrected chi connectivity index (χ0v) is 8.09. The van der Waals surface area contributed by atoms with Gasteiger partial charge in [-0.05, 0) is 18.2 Å². The fourth-order valence-electron chi connectivity index (χ4n) is 1.52. The van der Waals surface area contributed by atoms with Crippen molar-refractivity contribution < 1.29 is 19.4 Å². The van der Waals surface area contributed by atoms with Crippen molar-refractivity contribution in [2.45, 2.75) is 6.10 Å². The number of aromatic nitrogens is 1. The molecule has 82 valence electrons. The van der Waals surface area contributed by atoms with Crippen molar-refractivity contribution in [3.8, 4) is 0 Å². The molecule has 0 saturated heterocycles. The molecule has 1 atom stereocenters. The average Bonchev–Trinajstić information content (AvgIpc) is 2.26. The first-order valence-corrected chi connectivity index (χ1v) is 4.54. The van der Waals surface area contributed by atoms with Crippen LogP contribution in [-0.2, 0) is 4.79 Å². The van der Waals surface area contributed by atoms with Crippen LogP contribution in [0.25, 0.3) is 10.9 Å². The minimum absolute atomic E-state index is 0.0388. The summed E-state index contributed by atoms with van der Waals surface area (Å²) in [4.78, 5) is 14.6. The number of pyridine rings is 1. The normalized spacial score (nSPS) is 12.6. The number of aliphatic hydroxyl groups excluding tert-OH is 1. The topological polar surface area (TPSA) is 70.4 Å². The Morgan fingerprint density at radius 3 is 2.88 bits per heavy atom. The molecule has 1 aromatic carbocycles. The van der Waals surface area contributed by atoms with Gasteiger partial charge in [0.25, 0.3) is 0 Å². The average molecular weight is 221 g/mol. The minimum atomic E-state index is -1.77. The second-order valence-electron chi connectivity index (χ2n) is 3.31. The lowest BCUT2D eigenvalue weighted by Crippen LogP contribution is -2.11. The molecule has 0 amide bonds. The van der Waals surface area contributed by atoms with Crippen LogP contribution in [0.4, 0.5) is 4.39 Å². The number of hydrogen-bond donors (Lipinski definition) is 2. The number of nitrogens with zero attached hydrogens (tertiary/aromatic N) is 1. The molecule has 2 aromatic rings. The van der Waals surface area contributed by atoms with E-state index < -0.39 is 17.9 Å². The van der Waals surface area contributed by atoms with E-state index in [9.17, 15) is 14.3 Å². The fraction of sp³-hybridized carbons (Fsp3) is 0.0909. The molecule has 1 unspecified atom stereocenters. The van der Waals surface area contributed by atoms with Gasteiger partial charge >= 0.3 is 5.97 Å². The lowest BCUT2D eigenvalue weighted by molar-refractivity contribution is -0.146. The molecular weight excluding hydrogens is 213 g/mol. The molecule has 0 saturated carbocycles. The van der Waals surface area contributed by atoms with Crippen LogP contribution in [0.3, 0.4) is 0 Å². The quantitative estimate of drug-likeness (QED) is 0.806. The van der Waals surface area contributed by atoms with Crippen molar-refractivity contribution in [2.24, 2.45) is 0 Å². The summed E-state index contributed by atoms with van der Waals surface area (Å²) in [5.41, 5.74) is 0.252. The summed E-state index contributed by atoms with van der Waals surface area (Å²) in [6.45, 7) is 0. The van der Waals surface area contributed by atoms with Gasteiger partial charge in [0.15, 0.2) is 6.10 Å². The molecular formula is C11H8FNO3. The van der Waals surface area contributed by atoms with Crippen LogP contribution < -0.4 is 0 Å². The molecule has 0 bridgehead atoms. The number of carboxylic acid groups (broad SMARTS) is 1. The van der Waals surface area contributed by atoms with Crippen molar-refractivity contribution >= 4 is 16.9 Å². The number of benzene rings is 1. The monoisotopic (exact) mass is 221 g/mol. The summed E-state index contributed by atoms with van der Waals surface area (Å²) in [5, 5.41) is 18.6. The number of carbonyl (C=O) groups is 1. The molecule has 0 aliphatic heterocycles. The molecule has 2 N–H and O–H groups in total. The summed E-state index contributed by atoms with van der Waals surface area (Å²) in [6.07, 6.45) is -0.314. The van der Waals surface area contributed by atoms with Gasteiger partial charge in [-0.15, -0.1) is 0 Å². The van der Waals surface area contributed by atoms with Crippen LogP contribution >= 0.6 is 0 Å². The second-order valence-corrected chi connectivity index (χ2v) is 3.31. The van der Waals surface area contributed by atoms with Gasteiger partial charge in [0.05, 0.1) is 5.52 Å². The third-order valence-corrected chi connectivity index (χ3v) is 2.23. The summed E-state index contributed by atoms with van der Waals surface area (Å²) in [7, 11) is 0. The van der Waals surface area contributed by atoms with Gasteiger partial charge in [-0.1, -0.05) is 6.07 Å². The predicted octanol–water partition coefficient (Wildman–Crippen LogP) is 1.49. The van der Waals surface area contributed by atoms with E-state index in [2.05, 4.69) is 4.98 Å². The summed E-state index contributed by atoms with van der Waals surface area (Å²) in [6, 6.07) is 5.43. The van der Waals surface area contributed by atoms with Gasteiger partial charge in [-0.3, -0.25) is 4.98 Å². The Morgan fingerprint density at radius 2 is 2.19 bits per heavy atom. The first-order valence-electron chi connectivity index (χ1n) is 4.54. The van der Waals surface area contributed by atoms with E-state index in [1.54, 1.807) is 12.1 Å². The van der Waals surface area contributed by atoms with E-state index >= 15 is 0 Å². The highest BCUT2D eigenvalue weighted by atomic mass is 19.1. The highest BCUT2D eigenvalue weighted by Crippen LogP contribution is 2.24. The lowest BCUT2D eigenvalue weighted by atomic mass is 10.0. The molecule has 1 aromatic heterocycles. The Hall–Kier alpha value is -2.01. The Morgan fingerprint density at radius 1 is 1.44 bits per heavy atom. The fourth-order valence-corrected chi connectivity index (χ4v) is 1.52. The van der Waals surface area contributed by atoms with Gasteiger partial charge < -0.3 is 10.2 Å². The molecule has 1 heterocycles. The maximum Gasteiger partial charge on any atom is 0.337 e. The first-order chi connectivity index (χ1) is 7.59. The van der Waals surface area contributed by atoms with Crippen molar-refractivity contribution in [2.75, 3.05) is 0 Å². The largest absolute Gasteiger partial charge is 0.479 e. The van der Waals surface area contributed by atoms with E-state index in [0.29, 0.717) is 10.9 Å². The Balaban J connectivity index is 2.72. The summed E-state index contributed by atoms with van der Waals surface area (Å²) in [5.74, 6) is -2.03. The number of halogens is 1. The van der Waals surface area contributed by atoms with Crippen LogP contribution in [0, 0.1) is 5.82 Å². The molecule has 4 nitrogen and oxygen atoms in total. The standard InChI is InChI=1S/C11H8FNO3/c12-7-4-6-2-1-3-13-9(6)8(5-7)10(14)11(15)16/h1-5,10,14H,(H,15,16). The van der Waals surface area contributed by atoms with Gasteiger partial charge in [0.2, 0.25) is 0 Å². The number of hydrogen-bond acceptors (Lipinski definition) is 3. The second kappa shape index (κ2) is 3.86. The molecule has 0 fully saturated rings.